The smallest absolute Gasteiger partial charge is 0.305 e. The first-order valence-corrected chi connectivity index (χ1v) is 7.83. The molecule has 1 amide bonds. The molecule has 0 spiro atoms. The molecule has 0 bridgehead atoms. The largest absolute Gasteiger partial charge is 0.481 e. The Labute approximate surface area is 132 Å². The molecule has 22 heavy (non-hydrogen) atoms. The van der Waals surface area contributed by atoms with Crippen LogP contribution in [-0.2, 0) is 16.0 Å². The van der Waals surface area contributed by atoms with Crippen LogP contribution >= 0.6 is 11.3 Å². The van der Waals surface area contributed by atoms with Crippen LogP contribution in [0.3, 0.4) is 0 Å². The van der Waals surface area contributed by atoms with Gasteiger partial charge in [-0.15, -0.1) is 11.3 Å². The van der Waals surface area contributed by atoms with Crippen molar-refractivity contribution in [3.05, 3.63) is 29.7 Å². The summed E-state index contributed by atoms with van der Waals surface area (Å²) in [5.74, 6) is -1.02. The van der Waals surface area contributed by atoms with Crippen LogP contribution in [0.25, 0.3) is 10.6 Å². The summed E-state index contributed by atoms with van der Waals surface area (Å²) in [6.45, 7) is 3.96. The van der Waals surface area contributed by atoms with Gasteiger partial charge >= 0.3 is 5.97 Å². The number of carboxylic acid groups (broad SMARTS) is 1. The highest BCUT2D eigenvalue weighted by Crippen LogP contribution is 2.24. The molecule has 0 saturated carbocycles. The maximum absolute atomic E-state index is 12.3. The van der Waals surface area contributed by atoms with Gasteiger partial charge in [-0.25, -0.2) is 4.98 Å². The Hall–Kier alpha value is -2.15. The van der Waals surface area contributed by atoms with E-state index in [1.54, 1.807) is 17.4 Å². The second-order valence-corrected chi connectivity index (χ2v) is 6.02. The Kier molecular flexibility index (Phi) is 5.32. The molecule has 0 aromatic carbocycles. The molecule has 0 aliphatic rings. The Morgan fingerprint density at radius 1 is 1.45 bits per heavy atom. The number of carbonyl (C=O) groups excluding carboxylic acids is 1. The molecule has 118 valence electrons. The average molecular weight is 322 g/mol. The van der Waals surface area contributed by atoms with E-state index in [0.717, 1.165) is 10.6 Å². The van der Waals surface area contributed by atoms with Crippen LogP contribution in [0.1, 0.15) is 26.0 Å². The van der Waals surface area contributed by atoms with Crippen LogP contribution in [-0.4, -0.2) is 39.5 Å². The summed E-state index contributed by atoms with van der Waals surface area (Å²) in [5, 5.41) is 11.4. The predicted octanol–water partition coefficient (Wildman–Crippen LogP) is 2.66. The van der Waals surface area contributed by atoms with Crippen molar-refractivity contribution >= 4 is 23.2 Å². The van der Waals surface area contributed by atoms with Gasteiger partial charge in [0.2, 0.25) is 5.91 Å². The van der Waals surface area contributed by atoms with Crippen LogP contribution < -0.4 is 0 Å². The Bertz CT molecular complexity index is 634. The zero-order chi connectivity index (χ0) is 16.1. The van der Waals surface area contributed by atoms with E-state index in [4.69, 9.17) is 9.52 Å². The molecule has 0 aliphatic carbocycles. The number of aliphatic carboxylic acids is 1. The van der Waals surface area contributed by atoms with E-state index in [1.165, 1.54) is 11.3 Å². The molecular weight excluding hydrogens is 304 g/mol. The van der Waals surface area contributed by atoms with Crippen molar-refractivity contribution in [1.29, 1.82) is 0 Å². The fourth-order valence-electron chi connectivity index (χ4n) is 2.05. The molecule has 2 rings (SSSR count). The minimum absolute atomic E-state index is 0.0428. The van der Waals surface area contributed by atoms with Gasteiger partial charge in [0.15, 0.2) is 0 Å². The number of furan rings is 1. The van der Waals surface area contributed by atoms with Crippen molar-refractivity contribution in [2.75, 3.05) is 6.54 Å². The molecule has 2 heterocycles. The summed E-state index contributed by atoms with van der Waals surface area (Å²) in [4.78, 5) is 29.0. The molecule has 0 radical (unpaired) electrons. The lowest BCUT2D eigenvalue weighted by molar-refractivity contribution is -0.139. The lowest BCUT2D eigenvalue weighted by Crippen LogP contribution is -2.39. The molecular formula is C15H18N2O4S. The van der Waals surface area contributed by atoms with Crippen molar-refractivity contribution in [2.24, 2.45) is 0 Å². The summed E-state index contributed by atoms with van der Waals surface area (Å²) in [6, 6.07) is 1.77. The highest BCUT2D eigenvalue weighted by atomic mass is 32.1. The molecule has 0 unspecified atom stereocenters. The first-order chi connectivity index (χ1) is 10.5. The number of amides is 1. The number of hydrogen-bond acceptors (Lipinski definition) is 5. The molecule has 0 fully saturated rings. The van der Waals surface area contributed by atoms with Gasteiger partial charge in [0.05, 0.1) is 24.8 Å². The number of hydrogen-bond donors (Lipinski definition) is 1. The van der Waals surface area contributed by atoms with Crippen molar-refractivity contribution in [3.63, 3.8) is 0 Å². The van der Waals surface area contributed by atoms with Crippen molar-refractivity contribution in [3.8, 4) is 10.6 Å². The predicted molar refractivity (Wildman–Crippen MR) is 82.6 cm³/mol. The second-order valence-electron chi connectivity index (χ2n) is 5.16. The third kappa shape index (κ3) is 4.17. The lowest BCUT2D eigenvalue weighted by Gasteiger charge is -2.25. The molecule has 2 aromatic heterocycles. The maximum Gasteiger partial charge on any atom is 0.305 e. The van der Waals surface area contributed by atoms with E-state index in [9.17, 15) is 9.59 Å². The van der Waals surface area contributed by atoms with Crippen LogP contribution in [0, 0.1) is 0 Å². The second kappa shape index (κ2) is 7.22. The maximum atomic E-state index is 12.3. The molecule has 0 aliphatic heterocycles. The number of carbonyl (C=O) groups is 2. The normalized spacial score (nSPS) is 10.9. The number of aromatic nitrogens is 1. The van der Waals surface area contributed by atoms with Crippen LogP contribution in [0.2, 0.25) is 0 Å². The quantitative estimate of drug-likeness (QED) is 0.847. The summed E-state index contributed by atoms with van der Waals surface area (Å²) in [5.41, 5.74) is 1.57. The number of carboxylic acids is 1. The molecule has 1 N–H and O–H groups in total. The fraction of sp³-hybridized carbons (Fsp3) is 0.400. The van der Waals surface area contributed by atoms with Gasteiger partial charge in [-0.1, -0.05) is 0 Å². The topological polar surface area (TPSA) is 83.6 Å². The third-order valence-corrected chi connectivity index (χ3v) is 4.10. The summed E-state index contributed by atoms with van der Waals surface area (Å²) in [6.07, 6.45) is 3.30. The van der Waals surface area contributed by atoms with Gasteiger partial charge in [-0.05, 0) is 19.9 Å². The van der Waals surface area contributed by atoms with E-state index in [1.807, 2.05) is 25.3 Å². The first kappa shape index (κ1) is 16.2. The van der Waals surface area contributed by atoms with Crippen molar-refractivity contribution < 1.29 is 19.1 Å². The number of rotatable bonds is 7. The molecule has 0 saturated heterocycles. The van der Waals surface area contributed by atoms with Crippen LogP contribution in [0.4, 0.5) is 0 Å². The zero-order valence-corrected chi connectivity index (χ0v) is 13.3. The van der Waals surface area contributed by atoms with E-state index in [0.29, 0.717) is 5.69 Å². The van der Waals surface area contributed by atoms with Gasteiger partial charge in [0, 0.05) is 23.5 Å². The number of nitrogens with zero attached hydrogens (tertiary/aromatic N) is 2. The zero-order valence-electron chi connectivity index (χ0n) is 12.5. The van der Waals surface area contributed by atoms with E-state index >= 15 is 0 Å². The highest BCUT2D eigenvalue weighted by molar-refractivity contribution is 7.13. The molecule has 0 atom stereocenters. The van der Waals surface area contributed by atoms with Crippen LogP contribution in [0.15, 0.2) is 28.4 Å². The summed E-state index contributed by atoms with van der Waals surface area (Å²) in [7, 11) is 0. The fourth-order valence-corrected chi connectivity index (χ4v) is 2.86. The van der Waals surface area contributed by atoms with Crippen LogP contribution in [0.5, 0.6) is 0 Å². The minimum atomic E-state index is -0.908. The van der Waals surface area contributed by atoms with E-state index in [-0.39, 0.29) is 31.3 Å². The molecule has 7 heteroatoms. The first-order valence-electron chi connectivity index (χ1n) is 6.95. The minimum Gasteiger partial charge on any atom is -0.481 e. The van der Waals surface area contributed by atoms with Gasteiger partial charge in [-0.3, -0.25) is 9.59 Å². The van der Waals surface area contributed by atoms with Crippen molar-refractivity contribution in [2.45, 2.75) is 32.7 Å². The molecule has 6 nitrogen and oxygen atoms in total. The Morgan fingerprint density at radius 2 is 2.23 bits per heavy atom. The van der Waals surface area contributed by atoms with E-state index < -0.39 is 5.97 Å². The van der Waals surface area contributed by atoms with Crippen molar-refractivity contribution in [1.82, 2.24) is 9.88 Å². The summed E-state index contributed by atoms with van der Waals surface area (Å²) < 4.78 is 5.02. The summed E-state index contributed by atoms with van der Waals surface area (Å²) >= 11 is 1.45. The van der Waals surface area contributed by atoms with E-state index in [2.05, 4.69) is 4.98 Å². The van der Waals surface area contributed by atoms with Gasteiger partial charge < -0.3 is 14.4 Å². The SMILES string of the molecule is CC(C)N(CCC(=O)O)C(=O)Cc1csc(-c2ccoc2)n1. The highest BCUT2D eigenvalue weighted by Gasteiger charge is 2.19. The third-order valence-electron chi connectivity index (χ3n) is 3.16. The number of thiazole rings is 1. The van der Waals surface area contributed by atoms with Gasteiger partial charge in [0.1, 0.15) is 11.3 Å². The Balaban J connectivity index is 2.02. The van der Waals surface area contributed by atoms with Gasteiger partial charge in [0.25, 0.3) is 0 Å². The monoisotopic (exact) mass is 322 g/mol. The lowest BCUT2D eigenvalue weighted by atomic mass is 10.2. The average Bonchev–Trinajstić information content (AvgIpc) is 3.08. The molecule has 2 aromatic rings. The van der Waals surface area contributed by atoms with Gasteiger partial charge in [-0.2, -0.15) is 0 Å². The Morgan fingerprint density at radius 3 is 2.82 bits per heavy atom. The standard InChI is InChI=1S/C15H18N2O4S/c1-10(2)17(5-3-14(19)20)13(18)7-12-9-22-15(16-12)11-4-6-21-8-11/h4,6,8-10H,3,5,7H2,1-2H3,(H,19,20).